The molecule has 1 aromatic carbocycles. The summed E-state index contributed by atoms with van der Waals surface area (Å²) in [6.45, 7) is 4.70. The molecule has 4 aromatic rings. The van der Waals surface area contributed by atoms with Crippen molar-refractivity contribution in [1.29, 1.82) is 0 Å². The van der Waals surface area contributed by atoms with Crippen molar-refractivity contribution in [2.24, 2.45) is 7.05 Å². The summed E-state index contributed by atoms with van der Waals surface area (Å²) in [5.74, 6) is 1.40. The van der Waals surface area contributed by atoms with Crippen LogP contribution in [0, 0.1) is 0 Å². The fourth-order valence-electron chi connectivity index (χ4n) is 3.60. The highest BCUT2D eigenvalue weighted by Gasteiger charge is 2.12. The quantitative estimate of drug-likeness (QED) is 0.391. The van der Waals surface area contributed by atoms with Gasteiger partial charge in [-0.3, -0.25) is 9.48 Å². The van der Waals surface area contributed by atoms with Gasteiger partial charge in [-0.2, -0.15) is 10.2 Å². The Morgan fingerprint density at radius 3 is 2.73 bits per heavy atom. The predicted molar refractivity (Wildman–Crippen MR) is 127 cm³/mol. The first-order chi connectivity index (χ1) is 16.1. The maximum Gasteiger partial charge on any atom is 0.203 e. The molecule has 0 unspecified atom stereocenters. The Morgan fingerprint density at radius 2 is 1.97 bits per heavy atom. The Hall–Kier alpha value is -3.81. The third-order valence-corrected chi connectivity index (χ3v) is 5.29. The van der Waals surface area contributed by atoms with Gasteiger partial charge in [0, 0.05) is 31.3 Å². The molecule has 0 fully saturated rings. The van der Waals surface area contributed by atoms with E-state index in [0.29, 0.717) is 24.5 Å². The minimum atomic E-state index is -0.0975. The summed E-state index contributed by atoms with van der Waals surface area (Å²) in [6, 6.07) is 9.48. The normalized spacial score (nSPS) is 11.0. The second-order valence-corrected chi connectivity index (χ2v) is 7.86. The van der Waals surface area contributed by atoms with E-state index in [2.05, 4.69) is 22.1 Å². The Kier molecular flexibility index (Phi) is 6.92. The lowest BCUT2D eigenvalue weighted by Crippen LogP contribution is -2.16. The summed E-state index contributed by atoms with van der Waals surface area (Å²) in [5, 5.41) is 8.71. The highest BCUT2D eigenvalue weighted by Crippen LogP contribution is 2.23. The molecule has 4 rings (SSSR count). The summed E-state index contributed by atoms with van der Waals surface area (Å²) in [4.78, 5) is 21.8. The van der Waals surface area contributed by atoms with Crippen molar-refractivity contribution in [1.82, 2.24) is 29.5 Å². The van der Waals surface area contributed by atoms with Crippen LogP contribution in [0.2, 0.25) is 0 Å². The van der Waals surface area contributed by atoms with Crippen molar-refractivity contribution in [2.75, 3.05) is 6.61 Å². The average Bonchev–Trinajstić information content (AvgIpc) is 3.26. The molecule has 0 atom stereocenters. The number of hydrogen-bond donors (Lipinski definition) is 0. The van der Waals surface area contributed by atoms with Gasteiger partial charge in [0.2, 0.25) is 5.43 Å². The SMILES string of the molecule is CCCCc1nc(-c2cccc(Cc3nn(-c4cnn(C)c4)ccc3=O)c2)ncc1OCC. The van der Waals surface area contributed by atoms with E-state index >= 15 is 0 Å². The van der Waals surface area contributed by atoms with Crippen molar-refractivity contribution in [3.8, 4) is 22.8 Å². The molecule has 0 N–H and O–H groups in total. The van der Waals surface area contributed by atoms with Crippen LogP contribution in [0.25, 0.3) is 17.1 Å². The van der Waals surface area contributed by atoms with E-state index in [1.165, 1.54) is 6.07 Å². The Labute approximate surface area is 192 Å². The molecule has 0 aliphatic carbocycles. The number of aryl methyl sites for hydroxylation is 2. The Balaban J connectivity index is 1.62. The van der Waals surface area contributed by atoms with Gasteiger partial charge in [-0.25, -0.2) is 14.6 Å². The van der Waals surface area contributed by atoms with E-state index in [9.17, 15) is 4.79 Å². The van der Waals surface area contributed by atoms with Crippen LogP contribution in [0.15, 0.2) is 59.9 Å². The molecule has 0 saturated carbocycles. The van der Waals surface area contributed by atoms with Crippen LogP contribution in [0.5, 0.6) is 5.75 Å². The molecule has 8 heteroatoms. The van der Waals surface area contributed by atoms with Gasteiger partial charge >= 0.3 is 0 Å². The zero-order valence-corrected chi connectivity index (χ0v) is 19.2. The molecule has 3 heterocycles. The summed E-state index contributed by atoms with van der Waals surface area (Å²) in [7, 11) is 1.84. The number of ether oxygens (including phenoxy) is 1. The number of nitrogens with zero attached hydrogens (tertiary/aromatic N) is 6. The van der Waals surface area contributed by atoms with E-state index in [-0.39, 0.29) is 5.43 Å². The van der Waals surface area contributed by atoms with Crippen LogP contribution in [0.4, 0.5) is 0 Å². The van der Waals surface area contributed by atoms with Gasteiger partial charge in [0.05, 0.1) is 30.9 Å². The fourth-order valence-corrected chi connectivity index (χ4v) is 3.60. The lowest BCUT2D eigenvalue weighted by atomic mass is 10.1. The molecule has 0 radical (unpaired) electrons. The van der Waals surface area contributed by atoms with Crippen molar-refractivity contribution in [3.05, 3.63) is 82.3 Å². The van der Waals surface area contributed by atoms with Crippen LogP contribution in [-0.2, 0) is 19.9 Å². The lowest BCUT2D eigenvalue weighted by Gasteiger charge is -2.11. The highest BCUT2D eigenvalue weighted by molar-refractivity contribution is 5.57. The maximum atomic E-state index is 12.5. The van der Waals surface area contributed by atoms with E-state index in [4.69, 9.17) is 9.72 Å². The third kappa shape index (κ3) is 5.34. The summed E-state index contributed by atoms with van der Waals surface area (Å²) >= 11 is 0. The second-order valence-electron chi connectivity index (χ2n) is 7.86. The molecule has 0 aliphatic rings. The average molecular weight is 445 g/mol. The van der Waals surface area contributed by atoms with Crippen molar-refractivity contribution in [2.45, 2.75) is 39.5 Å². The third-order valence-electron chi connectivity index (χ3n) is 5.29. The number of hydrogen-bond acceptors (Lipinski definition) is 6. The first-order valence-electron chi connectivity index (χ1n) is 11.2. The lowest BCUT2D eigenvalue weighted by molar-refractivity contribution is 0.332. The summed E-state index contributed by atoms with van der Waals surface area (Å²) in [6.07, 6.45) is 10.4. The molecule has 0 amide bonds. The fraction of sp³-hybridized carbons (Fsp3) is 0.320. The van der Waals surface area contributed by atoms with E-state index in [1.54, 1.807) is 28.0 Å². The molecule has 0 saturated heterocycles. The van der Waals surface area contributed by atoms with Gasteiger partial charge in [-0.05, 0) is 31.4 Å². The molecular weight excluding hydrogens is 416 g/mol. The molecule has 0 spiro atoms. The van der Waals surface area contributed by atoms with Gasteiger partial charge in [0.25, 0.3) is 0 Å². The largest absolute Gasteiger partial charge is 0.490 e. The van der Waals surface area contributed by atoms with Crippen LogP contribution in [0.3, 0.4) is 0 Å². The molecule has 3 aromatic heterocycles. The Morgan fingerprint density at radius 1 is 1.09 bits per heavy atom. The van der Waals surface area contributed by atoms with Gasteiger partial charge < -0.3 is 4.74 Å². The molecule has 0 aliphatic heterocycles. The zero-order chi connectivity index (χ0) is 23.2. The topological polar surface area (TPSA) is 87.7 Å². The number of unbranched alkanes of at least 4 members (excludes halogenated alkanes) is 1. The van der Waals surface area contributed by atoms with Crippen LogP contribution >= 0.6 is 0 Å². The van der Waals surface area contributed by atoms with Crippen LogP contribution in [0.1, 0.15) is 43.6 Å². The standard InChI is InChI=1S/C25H28N6O2/c1-4-6-10-21-24(33-5-2)16-26-25(28-21)19-9-7-8-18(13-19)14-22-23(32)11-12-31(29-22)20-15-27-30(3)17-20/h7-9,11-13,15-17H,4-6,10,14H2,1-3H3. The van der Waals surface area contributed by atoms with Crippen molar-refractivity contribution < 1.29 is 4.74 Å². The van der Waals surface area contributed by atoms with Crippen molar-refractivity contribution in [3.63, 3.8) is 0 Å². The van der Waals surface area contributed by atoms with E-state index in [0.717, 1.165) is 47.5 Å². The first-order valence-corrected chi connectivity index (χ1v) is 11.2. The minimum Gasteiger partial charge on any atom is -0.490 e. The molecule has 170 valence electrons. The Bertz CT molecular complexity index is 1290. The van der Waals surface area contributed by atoms with E-state index in [1.807, 2.05) is 44.4 Å². The van der Waals surface area contributed by atoms with Gasteiger partial charge in [-0.15, -0.1) is 0 Å². The van der Waals surface area contributed by atoms with E-state index < -0.39 is 0 Å². The summed E-state index contributed by atoms with van der Waals surface area (Å²) < 4.78 is 9.08. The number of benzene rings is 1. The van der Waals surface area contributed by atoms with Crippen molar-refractivity contribution >= 4 is 0 Å². The highest BCUT2D eigenvalue weighted by atomic mass is 16.5. The first kappa shape index (κ1) is 22.4. The smallest absolute Gasteiger partial charge is 0.203 e. The second kappa shape index (κ2) is 10.2. The number of aromatic nitrogens is 6. The zero-order valence-electron chi connectivity index (χ0n) is 19.2. The van der Waals surface area contributed by atoms with Gasteiger partial charge in [0.15, 0.2) is 11.6 Å². The van der Waals surface area contributed by atoms with Gasteiger partial charge in [0.1, 0.15) is 11.4 Å². The molecule has 33 heavy (non-hydrogen) atoms. The summed E-state index contributed by atoms with van der Waals surface area (Å²) in [5.41, 5.74) is 3.97. The maximum absolute atomic E-state index is 12.5. The molecule has 0 bridgehead atoms. The number of rotatable bonds is 9. The van der Waals surface area contributed by atoms with Gasteiger partial charge in [-0.1, -0.05) is 31.5 Å². The minimum absolute atomic E-state index is 0.0975. The molecular formula is C25H28N6O2. The molecule has 8 nitrogen and oxygen atoms in total. The monoisotopic (exact) mass is 444 g/mol. The van der Waals surface area contributed by atoms with Crippen LogP contribution in [-0.4, -0.2) is 36.1 Å². The van der Waals surface area contributed by atoms with Crippen LogP contribution < -0.4 is 10.2 Å². The predicted octanol–water partition coefficient (Wildman–Crippen LogP) is 3.76.